The maximum atomic E-state index is 11.1. The molecule has 13 heavy (non-hydrogen) atoms. The van der Waals surface area contributed by atoms with E-state index in [1.807, 2.05) is 0 Å². The molecule has 0 aliphatic heterocycles. The minimum Gasteiger partial charge on any atom is -0.465 e. The Kier molecular flexibility index (Phi) is 5.32. The number of rotatable bonds is 4. The van der Waals surface area contributed by atoms with Gasteiger partial charge in [0.05, 0.1) is 6.61 Å². The van der Waals surface area contributed by atoms with Crippen molar-refractivity contribution in [3.05, 3.63) is 0 Å². The van der Waals surface area contributed by atoms with Crippen molar-refractivity contribution in [1.29, 1.82) is 0 Å². The lowest BCUT2D eigenvalue weighted by molar-refractivity contribution is -0.161. The Labute approximate surface area is 76.1 Å². The minimum absolute atomic E-state index is 0.0745. The van der Waals surface area contributed by atoms with Crippen LogP contribution in [0.1, 0.15) is 13.3 Å². The van der Waals surface area contributed by atoms with Crippen molar-refractivity contribution < 1.29 is 19.2 Å². The van der Waals surface area contributed by atoms with E-state index in [-0.39, 0.29) is 13.0 Å². The third-order valence-corrected chi connectivity index (χ3v) is 1.29. The first kappa shape index (κ1) is 11.5. The topological polar surface area (TPSA) is 78.6 Å². The molecule has 1 unspecified atom stereocenters. The molecular formula is C8H11NO4. The van der Waals surface area contributed by atoms with Gasteiger partial charge in [0.1, 0.15) is 0 Å². The summed E-state index contributed by atoms with van der Waals surface area (Å²) < 4.78 is 4.59. The number of hydrogen-bond donors (Lipinski definition) is 1. The van der Waals surface area contributed by atoms with Gasteiger partial charge in [-0.1, -0.05) is 0 Å². The van der Waals surface area contributed by atoms with Gasteiger partial charge in [0.15, 0.2) is 5.92 Å². The maximum Gasteiger partial charge on any atom is 0.339 e. The first-order valence-electron chi connectivity index (χ1n) is 3.68. The summed E-state index contributed by atoms with van der Waals surface area (Å²) in [6.45, 7) is 1.80. The molecule has 5 nitrogen and oxygen atoms in total. The molecule has 0 aromatic carbocycles. The average Bonchev–Trinajstić information content (AvgIpc) is 2.13. The number of ether oxygens (including phenoxy) is 1. The molecule has 0 aliphatic carbocycles. The van der Waals surface area contributed by atoms with Crippen LogP contribution in [0, 0.1) is 18.3 Å². The van der Waals surface area contributed by atoms with E-state index in [1.54, 1.807) is 6.92 Å². The van der Waals surface area contributed by atoms with Crippen molar-refractivity contribution in [2.75, 3.05) is 6.61 Å². The zero-order chi connectivity index (χ0) is 10.3. The molecule has 72 valence electrons. The lowest BCUT2D eigenvalue weighted by atomic mass is 10.1. The van der Waals surface area contributed by atoms with Crippen LogP contribution in [0.25, 0.3) is 0 Å². The molecule has 1 atom stereocenters. The molecule has 0 bridgehead atoms. The molecule has 0 saturated carbocycles. The molecule has 5 heteroatoms. The fourth-order valence-electron chi connectivity index (χ4n) is 0.706. The monoisotopic (exact) mass is 185 g/mol. The van der Waals surface area contributed by atoms with Gasteiger partial charge in [0.25, 0.3) is 0 Å². The standard InChI is InChI=1S/C8H11NO4/c1-3-5-6(8(11)13-9)7(10)12-4-2/h1,6H,4-5,9H2,2H3. The van der Waals surface area contributed by atoms with E-state index < -0.39 is 17.9 Å². The summed E-state index contributed by atoms with van der Waals surface area (Å²) in [5.41, 5.74) is 0. The fraction of sp³-hybridized carbons (Fsp3) is 0.500. The Morgan fingerprint density at radius 2 is 2.15 bits per heavy atom. The molecule has 0 amide bonds. The summed E-state index contributed by atoms with van der Waals surface area (Å²) in [7, 11) is 0. The number of nitrogens with two attached hydrogens (primary N) is 1. The van der Waals surface area contributed by atoms with Crippen LogP contribution in [0.3, 0.4) is 0 Å². The second kappa shape index (κ2) is 6.03. The van der Waals surface area contributed by atoms with Crippen molar-refractivity contribution in [1.82, 2.24) is 0 Å². The Hall–Kier alpha value is -1.54. The van der Waals surface area contributed by atoms with Gasteiger partial charge in [-0.25, -0.2) is 4.79 Å². The molecule has 0 aromatic heterocycles. The second-order valence-electron chi connectivity index (χ2n) is 2.15. The maximum absolute atomic E-state index is 11.1. The van der Waals surface area contributed by atoms with Gasteiger partial charge < -0.3 is 9.57 Å². The minimum atomic E-state index is -1.12. The van der Waals surface area contributed by atoms with Crippen molar-refractivity contribution >= 4 is 11.9 Å². The average molecular weight is 185 g/mol. The van der Waals surface area contributed by atoms with Crippen molar-refractivity contribution in [2.45, 2.75) is 13.3 Å². The normalized spacial score (nSPS) is 11.2. The zero-order valence-electron chi connectivity index (χ0n) is 7.28. The molecule has 0 radical (unpaired) electrons. The smallest absolute Gasteiger partial charge is 0.339 e. The van der Waals surface area contributed by atoms with Crippen molar-refractivity contribution in [3.63, 3.8) is 0 Å². The summed E-state index contributed by atoms with van der Waals surface area (Å²) in [4.78, 5) is 25.8. The molecule has 2 N–H and O–H groups in total. The van der Waals surface area contributed by atoms with E-state index in [1.165, 1.54) is 0 Å². The van der Waals surface area contributed by atoms with Gasteiger partial charge in [-0.15, -0.1) is 12.3 Å². The van der Waals surface area contributed by atoms with Crippen LogP contribution in [0.4, 0.5) is 0 Å². The van der Waals surface area contributed by atoms with Gasteiger partial charge in [-0.05, 0) is 6.92 Å². The molecule has 0 aliphatic rings. The Bertz CT molecular complexity index is 231. The number of terminal acetylenes is 1. The molecule has 0 fully saturated rings. The van der Waals surface area contributed by atoms with Crippen LogP contribution in [0.5, 0.6) is 0 Å². The third kappa shape index (κ3) is 3.58. The van der Waals surface area contributed by atoms with E-state index in [2.05, 4.69) is 21.4 Å². The molecule has 0 spiro atoms. The third-order valence-electron chi connectivity index (χ3n) is 1.29. The molecule has 0 saturated heterocycles. The van der Waals surface area contributed by atoms with Crippen LogP contribution < -0.4 is 5.90 Å². The van der Waals surface area contributed by atoms with Crippen LogP contribution in [-0.2, 0) is 19.2 Å². The predicted octanol–water partition coefficient (Wildman–Crippen LogP) is -0.394. The van der Waals surface area contributed by atoms with E-state index in [0.717, 1.165) is 0 Å². The van der Waals surface area contributed by atoms with E-state index in [9.17, 15) is 9.59 Å². The van der Waals surface area contributed by atoms with E-state index >= 15 is 0 Å². The summed E-state index contributed by atoms with van der Waals surface area (Å²) in [5, 5.41) is 0. The quantitative estimate of drug-likeness (QED) is 0.279. The first-order valence-corrected chi connectivity index (χ1v) is 3.68. The Morgan fingerprint density at radius 3 is 2.54 bits per heavy atom. The van der Waals surface area contributed by atoms with Crippen molar-refractivity contribution in [3.8, 4) is 12.3 Å². The highest BCUT2D eigenvalue weighted by molar-refractivity contribution is 5.95. The number of hydrogen-bond acceptors (Lipinski definition) is 5. The van der Waals surface area contributed by atoms with Gasteiger partial charge in [0.2, 0.25) is 0 Å². The number of carbonyl (C=O) groups excluding carboxylic acids is 2. The van der Waals surface area contributed by atoms with Gasteiger partial charge in [-0.3, -0.25) is 4.79 Å². The summed E-state index contributed by atoms with van der Waals surface area (Å²) in [5.74, 6) is 4.07. The lowest BCUT2D eigenvalue weighted by Gasteiger charge is -2.09. The van der Waals surface area contributed by atoms with E-state index in [0.29, 0.717) is 0 Å². The molecule has 0 heterocycles. The number of esters is 1. The Morgan fingerprint density at radius 1 is 1.54 bits per heavy atom. The first-order chi connectivity index (χ1) is 6.17. The van der Waals surface area contributed by atoms with Crippen LogP contribution in [-0.4, -0.2) is 18.5 Å². The van der Waals surface area contributed by atoms with Crippen LogP contribution in [0.2, 0.25) is 0 Å². The zero-order valence-corrected chi connectivity index (χ0v) is 7.28. The largest absolute Gasteiger partial charge is 0.465 e. The van der Waals surface area contributed by atoms with E-state index in [4.69, 9.17) is 6.42 Å². The summed E-state index contributed by atoms with van der Waals surface area (Å²) >= 11 is 0. The van der Waals surface area contributed by atoms with Crippen LogP contribution in [0.15, 0.2) is 0 Å². The van der Waals surface area contributed by atoms with Crippen molar-refractivity contribution in [2.24, 2.45) is 11.8 Å². The highest BCUT2D eigenvalue weighted by Crippen LogP contribution is 2.06. The summed E-state index contributed by atoms with van der Waals surface area (Å²) in [6, 6.07) is 0. The lowest BCUT2D eigenvalue weighted by Crippen LogP contribution is -2.29. The molecular weight excluding hydrogens is 174 g/mol. The van der Waals surface area contributed by atoms with Crippen LogP contribution >= 0.6 is 0 Å². The molecule has 0 rings (SSSR count). The second-order valence-corrected chi connectivity index (χ2v) is 2.15. The fourth-order valence-corrected chi connectivity index (χ4v) is 0.706. The van der Waals surface area contributed by atoms with Gasteiger partial charge in [-0.2, -0.15) is 5.90 Å². The predicted molar refractivity (Wildman–Crippen MR) is 43.9 cm³/mol. The highest BCUT2D eigenvalue weighted by Gasteiger charge is 2.28. The SMILES string of the molecule is C#CCC(C(=O)ON)C(=O)OCC. The van der Waals surface area contributed by atoms with Gasteiger partial charge in [0, 0.05) is 6.42 Å². The van der Waals surface area contributed by atoms with Gasteiger partial charge >= 0.3 is 11.9 Å². The Balaban J connectivity index is 4.33. The highest BCUT2D eigenvalue weighted by atomic mass is 16.7. The molecule has 0 aromatic rings. The number of carbonyl (C=O) groups is 2. The summed E-state index contributed by atoms with van der Waals surface area (Å²) in [6.07, 6.45) is 4.87.